The maximum absolute atomic E-state index is 13.4. The van der Waals surface area contributed by atoms with Crippen molar-refractivity contribution in [1.29, 1.82) is 0 Å². The zero-order valence-electron chi connectivity index (χ0n) is 17.6. The Bertz CT molecular complexity index is 927. The monoisotopic (exact) mass is 403 g/mol. The summed E-state index contributed by atoms with van der Waals surface area (Å²) >= 11 is 0. The van der Waals surface area contributed by atoms with Crippen molar-refractivity contribution in [3.8, 4) is 0 Å². The predicted octanol–water partition coefficient (Wildman–Crippen LogP) is 4.14. The standard InChI is InChI=1S/C25H29N3O2/c1-18-9-10-20(17-26-18)23(29)27-15-11-21(12-16-27)28-22(19-7-3-2-4-8-19)25(24(28)30)13-5-6-14-25/h2-4,7-10,17,21-22H,5-6,11-16H2,1H3. The molecule has 2 saturated heterocycles. The van der Waals surface area contributed by atoms with E-state index in [-0.39, 0.29) is 23.4 Å². The van der Waals surface area contributed by atoms with Crippen molar-refractivity contribution < 1.29 is 9.59 Å². The lowest BCUT2D eigenvalue weighted by atomic mass is 9.65. The zero-order valence-corrected chi connectivity index (χ0v) is 17.6. The Morgan fingerprint density at radius 1 is 1.03 bits per heavy atom. The molecule has 1 saturated carbocycles. The number of rotatable bonds is 3. The molecule has 2 amide bonds. The van der Waals surface area contributed by atoms with Crippen molar-refractivity contribution in [2.75, 3.05) is 13.1 Å². The second-order valence-electron chi connectivity index (χ2n) is 9.10. The summed E-state index contributed by atoms with van der Waals surface area (Å²) in [6.45, 7) is 3.30. The molecule has 2 aromatic rings. The molecule has 3 heterocycles. The van der Waals surface area contributed by atoms with Gasteiger partial charge >= 0.3 is 0 Å². The van der Waals surface area contributed by atoms with Crippen LogP contribution in [0.2, 0.25) is 0 Å². The van der Waals surface area contributed by atoms with Gasteiger partial charge in [-0.2, -0.15) is 0 Å². The molecule has 0 bridgehead atoms. The van der Waals surface area contributed by atoms with E-state index in [4.69, 9.17) is 0 Å². The van der Waals surface area contributed by atoms with E-state index in [1.54, 1.807) is 6.20 Å². The lowest BCUT2D eigenvalue weighted by Gasteiger charge is -2.59. The number of hydrogen-bond acceptors (Lipinski definition) is 3. The molecular weight excluding hydrogens is 374 g/mol. The maximum atomic E-state index is 13.4. The molecule has 5 heteroatoms. The third-order valence-corrected chi connectivity index (χ3v) is 7.38. The number of hydrogen-bond donors (Lipinski definition) is 0. The first-order valence-electron chi connectivity index (χ1n) is 11.2. The minimum atomic E-state index is -0.179. The van der Waals surface area contributed by atoms with E-state index in [2.05, 4.69) is 34.1 Å². The molecule has 1 aliphatic carbocycles. The number of carbonyl (C=O) groups excluding carboxylic acids is 2. The molecule has 1 unspecified atom stereocenters. The van der Waals surface area contributed by atoms with Gasteiger partial charge in [0.2, 0.25) is 5.91 Å². The number of β-lactam (4-membered cyclic amide) rings is 1. The molecule has 0 N–H and O–H groups in total. The van der Waals surface area contributed by atoms with Crippen molar-refractivity contribution in [2.24, 2.45) is 5.41 Å². The predicted molar refractivity (Wildman–Crippen MR) is 115 cm³/mol. The first kappa shape index (κ1) is 19.3. The van der Waals surface area contributed by atoms with Crippen LogP contribution in [-0.4, -0.2) is 45.7 Å². The smallest absolute Gasteiger partial charge is 0.255 e. The molecule has 1 atom stereocenters. The quantitative estimate of drug-likeness (QED) is 0.724. The van der Waals surface area contributed by atoms with Gasteiger partial charge in [-0.05, 0) is 50.3 Å². The van der Waals surface area contributed by atoms with Crippen molar-refractivity contribution in [3.05, 3.63) is 65.5 Å². The van der Waals surface area contributed by atoms with Gasteiger partial charge in [-0.25, -0.2) is 0 Å². The van der Waals surface area contributed by atoms with Crippen LogP contribution < -0.4 is 0 Å². The highest BCUT2D eigenvalue weighted by atomic mass is 16.2. The number of benzene rings is 1. The van der Waals surface area contributed by atoms with E-state index >= 15 is 0 Å². The molecule has 5 rings (SSSR count). The van der Waals surface area contributed by atoms with E-state index in [1.807, 2.05) is 30.0 Å². The zero-order chi connectivity index (χ0) is 20.7. The summed E-state index contributed by atoms with van der Waals surface area (Å²) in [4.78, 5) is 34.5. The van der Waals surface area contributed by atoms with Crippen molar-refractivity contribution in [2.45, 2.75) is 57.5 Å². The molecule has 30 heavy (non-hydrogen) atoms. The fourth-order valence-electron chi connectivity index (χ4n) is 5.80. The summed E-state index contributed by atoms with van der Waals surface area (Å²) in [5.74, 6) is 0.393. The highest BCUT2D eigenvalue weighted by Gasteiger charge is 2.63. The number of piperidine rings is 1. The van der Waals surface area contributed by atoms with Crippen LogP contribution in [0.4, 0.5) is 0 Å². The average molecular weight is 404 g/mol. The van der Waals surface area contributed by atoms with Crippen LogP contribution in [0.5, 0.6) is 0 Å². The Labute approximate surface area is 178 Å². The summed E-state index contributed by atoms with van der Waals surface area (Å²) in [7, 11) is 0. The second-order valence-corrected chi connectivity index (χ2v) is 9.10. The Kier molecular flexibility index (Phi) is 4.84. The molecule has 156 valence electrons. The van der Waals surface area contributed by atoms with Gasteiger partial charge in [0.1, 0.15) is 0 Å². The van der Waals surface area contributed by atoms with Gasteiger partial charge in [-0.3, -0.25) is 14.6 Å². The number of likely N-dealkylation sites (tertiary alicyclic amines) is 2. The third kappa shape index (κ3) is 3.03. The topological polar surface area (TPSA) is 53.5 Å². The Morgan fingerprint density at radius 3 is 2.37 bits per heavy atom. The number of nitrogens with zero attached hydrogens (tertiary/aromatic N) is 3. The first-order chi connectivity index (χ1) is 14.6. The fraction of sp³-hybridized carbons (Fsp3) is 0.480. The summed E-state index contributed by atoms with van der Waals surface area (Å²) in [6.07, 6.45) is 7.69. The van der Waals surface area contributed by atoms with Crippen molar-refractivity contribution in [1.82, 2.24) is 14.8 Å². The molecule has 1 aromatic carbocycles. The van der Waals surface area contributed by atoms with E-state index in [9.17, 15) is 9.59 Å². The van der Waals surface area contributed by atoms with Crippen molar-refractivity contribution in [3.63, 3.8) is 0 Å². The van der Waals surface area contributed by atoms with Crippen LogP contribution in [0.3, 0.4) is 0 Å². The van der Waals surface area contributed by atoms with Crippen LogP contribution in [0, 0.1) is 12.3 Å². The molecule has 5 nitrogen and oxygen atoms in total. The van der Waals surface area contributed by atoms with Crippen LogP contribution in [-0.2, 0) is 4.79 Å². The summed E-state index contributed by atoms with van der Waals surface area (Å²) in [5.41, 5.74) is 2.64. The highest BCUT2D eigenvalue weighted by Crippen LogP contribution is 2.60. The van der Waals surface area contributed by atoms with E-state index in [1.165, 1.54) is 5.56 Å². The highest BCUT2D eigenvalue weighted by molar-refractivity contribution is 5.94. The number of aromatic nitrogens is 1. The van der Waals surface area contributed by atoms with E-state index < -0.39 is 0 Å². The van der Waals surface area contributed by atoms with Gasteiger partial charge in [0.25, 0.3) is 5.91 Å². The van der Waals surface area contributed by atoms with Gasteiger partial charge in [-0.15, -0.1) is 0 Å². The molecule has 3 fully saturated rings. The van der Waals surface area contributed by atoms with Crippen LogP contribution >= 0.6 is 0 Å². The number of aryl methyl sites for hydroxylation is 1. The normalized spacial score (nSPS) is 23.6. The minimum Gasteiger partial charge on any atom is -0.338 e. The fourth-order valence-corrected chi connectivity index (χ4v) is 5.80. The SMILES string of the molecule is Cc1ccc(C(=O)N2CCC(N3C(=O)C4(CCCC4)C3c3ccccc3)CC2)cn1. The molecular formula is C25H29N3O2. The van der Waals surface area contributed by atoms with Crippen LogP contribution in [0.1, 0.15) is 66.2 Å². The number of amides is 2. The third-order valence-electron chi connectivity index (χ3n) is 7.38. The minimum absolute atomic E-state index is 0.0442. The summed E-state index contributed by atoms with van der Waals surface area (Å²) in [5, 5.41) is 0. The van der Waals surface area contributed by atoms with Gasteiger partial charge in [0.05, 0.1) is 17.0 Å². The summed E-state index contributed by atoms with van der Waals surface area (Å²) in [6, 6.07) is 14.7. The lowest BCUT2D eigenvalue weighted by Crippen LogP contribution is -2.66. The Morgan fingerprint density at radius 2 is 1.73 bits per heavy atom. The van der Waals surface area contributed by atoms with Gasteiger partial charge < -0.3 is 9.80 Å². The number of pyridine rings is 1. The molecule has 3 aliphatic rings. The largest absolute Gasteiger partial charge is 0.338 e. The molecule has 1 spiro atoms. The Hall–Kier alpha value is -2.69. The van der Waals surface area contributed by atoms with E-state index in [0.29, 0.717) is 24.6 Å². The molecule has 1 aromatic heterocycles. The average Bonchev–Trinajstić information content (AvgIpc) is 3.30. The Balaban J connectivity index is 1.31. The van der Waals surface area contributed by atoms with Crippen LogP contribution in [0.15, 0.2) is 48.7 Å². The second kappa shape index (κ2) is 7.53. The van der Waals surface area contributed by atoms with Gasteiger partial charge in [0.15, 0.2) is 0 Å². The number of carbonyl (C=O) groups is 2. The van der Waals surface area contributed by atoms with Crippen LogP contribution in [0.25, 0.3) is 0 Å². The summed E-state index contributed by atoms with van der Waals surface area (Å²) < 4.78 is 0. The van der Waals surface area contributed by atoms with Crippen molar-refractivity contribution >= 4 is 11.8 Å². The molecule has 2 aliphatic heterocycles. The first-order valence-corrected chi connectivity index (χ1v) is 11.2. The lowest BCUT2D eigenvalue weighted by molar-refractivity contribution is -0.180. The van der Waals surface area contributed by atoms with E-state index in [0.717, 1.165) is 44.2 Å². The van der Waals surface area contributed by atoms with Gasteiger partial charge in [0, 0.05) is 31.0 Å². The molecule has 0 radical (unpaired) electrons. The van der Waals surface area contributed by atoms with Gasteiger partial charge in [-0.1, -0.05) is 43.2 Å². The maximum Gasteiger partial charge on any atom is 0.255 e.